The largest absolute Gasteiger partial charge is 0.494 e. The number of nitro benzene ring substituents is 1. The van der Waals surface area contributed by atoms with Crippen molar-refractivity contribution in [3.05, 3.63) is 63.7 Å². The van der Waals surface area contributed by atoms with Crippen molar-refractivity contribution >= 4 is 17.6 Å². The first-order valence-corrected chi connectivity index (χ1v) is 8.11. The van der Waals surface area contributed by atoms with E-state index in [9.17, 15) is 14.9 Å². The van der Waals surface area contributed by atoms with Gasteiger partial charge in [-0.1, -0.05) is 11.2 Å². The maximum absolute atomic E-state index is 12.3. The summed E-state index contributed by atoms with van der Waals surface area (Å²) >= 11 is 0. The van der Waals surface area contributed by atoms with E-state index in [0.717, 1.165) is 5.75 Å². The molecule has 0 radical (unpaired) electrons. The molecule has 0 aliphatic rings. The molecule has 0 aliphatic carbocycles. The molecule has 1 heterocycles. The molecule has 3 rings (SSSR count). The van der Waals surface area contributed by atoms with Crippen LogP contribution in [0.4, 0.5) is 11.7 Å². The molecule has 0 atom stereocenters. The number of rotatable bonds is 6. The number of nitrogens with one attached hydrogen (secondary N) is 1. The van der Waals surface area contributed by atoms with Crippen LogP contribution in [0.5, 0.6) is 5.75 Å². The molecule has 0 aliphatic heterocycles. The highest BCUT2D eigenvalue weighted by molar-refractivity contribution is 6.03. The summed E-state index contributed by atoms with van der Waals surface area (Å²) in [6, 6.07) is 11.1. The molecule has 1 N–H and O–H groups in total. The van der Waals surface area contributed by atoms with E-state index in [4.69, 9.17) is 9.15 Å². The van der Waals surface area contributed by atoms with Crippen molar-refractivity contribution in [2.75, 3.05) is 11.9 Å². The monoisotopic (exact) mass is 368 g/mol. The minimum atomic E-state index is -0.583. The second kappa shape index (κ2) is 7.65. The quantitative estimate of drug-likeness (QED) is 0.521. The number of benzene rings is 2. The van der Waals surface area contributed by atoms with Crippen molar-refractivity contribution in [1.82, 2.24) is 10.2 Å². The number of carbonyl (C=O) groups is 1. The third-order valence-corrected chi connectivity index (χ3v) is 3.73. The van der Waals surface area contributed by atoms with Gasteiger partial charge in [0.1, 0.15) is 5.75 Å². The molecule has 0 saturated heterocycles. The number of amides is 1. The van der Waals surface area contributed by atoms with Gasteiger partial charge in [0.2, 0.25) is 5.89 Å². The van der Waals surface area contributed by atoms with Crippen molar-refractivity contribution in [3.63, 3.8) is 0 Å². The van der Waals surface area contributed by atoms with Crippen molar-refractivity contribution in [1.29, 1.82) is 0 Å². The number of aryl methyl sites for hydroxylation is 1. The Balaban J connectivity index is 1.74. The van der Waals surface area contributed by atoms with Crippen LogP contribution in [0, 0.1) is 17.0 Å². The van der Waals surface area contributed by atoms with E-state index < -0.39 is 10.8 Å². The predicted octanol–water partition coefficient (Wildman–Crippen LogP) is 3.60. The summed E-state index contributed by atoms with van der Waals surface area (Å²) in [4.78, 5) is 22.7. The first kappa shape index (κ1) is 18.1. The molecule has 9 heteroatoms. The van der Waals surface area contributed by atoms with Crippen LogP contribution >= 0.6 is 0 Å². The highest BCUT2D eigenvalue weighted by Crippen LogP contribution is 2.24. The fourth-order valence-electron chi connectivity index (χ4n) is 2.37. The third-order valence-electron chi connectivity index (χ3n) is 3.73. The van der Waals surface area contributed by atoms with Gasteiger partial charge < -0.3 is 9.15 Å². The Hall–Kier alpha value is -3.75. The van der Waals surface area contributed by atoms with Gasteiger partial charge >= 0.3 is 6.01 Å². The molecular formula is C18H16N4O5. The van der Waals surface area contributed by atoms with Gasteiger partial charge in [-0.2, -0.15) is 0 Å². The second-order valence-corrected chi connectivity index (χ2v) is 5.58. The summed E-state index contributed by atoms with van der Waals surface area (Å²) in [6.07, 6.45) is 0. The van der Waals surface area contributed by atoms with E-state index in [0.29, 0.717) is 17.7 Å². The van der Waals surface area contributed by atoms with E-state index in [1.165, 1.54) is 18.2 Å². The molecule has 2 aromatic carbocycles. The van der Waals surface area contributed by atoms with Crippen molar-refractivity contribution in [3.8, 4) is 17.2 Å². The van der Waals surface area contributed by atoms with Gasteiger partial charge in [-0.25, -0.2) is 0 Å². The number of aromatic nitrogens is 2. The zero-order valence-electron chi connectivity index (χ0n) is 14.6. The van der Waals surface area contributed by atoms with E-state index in [2.05, 4.69) is 15.5 Å². The lowest BCUT2D eigenvalue weighted by molar-refractivity contribution is -0.385. The summed E-state index contributed by atoms with van der Waals surface area (Å²) in [5.74, 6) is 0.360. The lowest BCUT2D eigenvalue weighted by Crippen LogP contribution is -2.12. The zero-order chi connectivity index (χ0) is 19.4. The fourth-order valence-corrected chi connectivity index (χ4v) is 2.37. The minimum absolute atomic E-state index is 0.105. The lowest BCUT2D eigenvalue weighted by atomic mass is 10.1. The van der Waals surface area contributed by atoms with Crippen LogP contribution in [-0.4, -0.2) is 27.6 Å². The van der Waals surface area contributed by atoms with Gasteiger partial charge in [0.05, 0.1) is 11.5 Å². The van der Waals surface area contributed by atoms with E-state index in [1.54, 1.807) is 31.2 Å². The molecule has 3 aromatic rings. The van der Waals surface area contributed by atoms with Gasteiger partial charge in [0, 0.05) is 22.8 Å². The number of carbonyl (C=O) groups excluding carboxylic acids is 1. The first-order chi connectivity index (χ1) is 13.0. The summed E-state index contributed by atoms with van der Waals surface area (Å²) in [7, 11) is 0. The Morgan fingerprint density at radius 1 is 1.22 bits per heavy atom. The highest BCUT2D eigenvalue weighted by atomic mass is 16.6. The smallest absolute Gasteiger partial charge is 0.322 e. The summed E-state index contributed by atoms with van der Waals surface area (Å²) in [5, 5.41) is 21.1. The van der Waals surface area contributed by atoms with Gasteiger partial charge in [-0.3, -0.25) is 20.2 Å². The van der Waals surface area contributed by atoms with Crippen LogP contribution < -0.4 is 10.1 Å². The molecule has 138 valence electrons. The zero-order valence-corrected chi connectivity index (χ0v) is 14.6. The molecular weight excluding hydrogens is 352 g/mol. The Bertz CT molecular complexity index is 982. The van der Waals surface area contributed by atoms with Crippen LogP contribution in [0.3, 0.4) is 0 Å². The van der Waals surface area contributed by atoms with Crippen LogP contribution in [0.1, 0.15) is 22.8 Å². The van der Waals surface area contributed by atoms with Crippen molar-refractivity contribution in [2.24, 2.45) is 0 Å². The third kappa shape index (κ3) is 4.09. The van der Waals surface area contributed by atoms with Crippen LogP contribution in [0.15, 0.2) is 46.9 Å². The van der Waals surface area contributed by atoms with Crippen molar-refractivity contribution < 1.29 is 18.9 Å². The average molecular weight is 368 g/mol. The molecule has 0 spiro atoms. The Morgan fingerprint density at radius 2 is 1.96 bits per heavy atom. The number of hydrogen-bond acceptors (Lipinski definition) is 7. The summed E-state index contributed by atoms with van der Waals surface area (Å²) in [6.45, 7) is 4.05. The number of anilines is 1. The number of nitrogens with zero attached hydrogens (tertiary/aromatic N) is 3. The number of ether oxygens (including phenoxy) is 1. The Kier molecular flexibility index (Phi) is 5.11. The second-order valence-electron chi connectivity index (χ2n) is 5.58. The molecule has 0 unspecified atom stereocenters. The highest BCUT2D eigenvalue weighted by Gasteiger charge is 2.17. The molecule has 0 fully saturated rings. The SMILES string of the molecule is CCOc1ccc(-c2nnc(NC(=O)c3ccc(C)c([N+](=O)[O-])c3)o2)cc1. The topological polar surface area (TPSA) is 120 Å². The van der Waals surface area contributed by atoms with Crippen LogP contribution in [0.25, 0.3) is 11.5 Å². The molecule has 0 bridgehead atoms. The summed E-state index contributed by atoms with van der Waals surface area (Å²) < 4.78 is 10.8. The molecule has 27 heavy (non-hydrogen) atoms. The average Bonchev–Trinajstić information content (AvgIpc) is 3.11. The van der Waals surface area contributed by atoms with Crippen LogP contribution in [-0.2, 0) is 0 Å². The van der Waals surface area contributed by atoms with Gasteiger partial charge in [0.25, 0.3) is 11.6 Å². The van der Waals surface area contributed by atoms with E-state index in [-0.39, 0.29) is 23.2 Å². The van der Waals surface area contributed by atoms with Gasteiger partial charge in [-0.05, 0) is 44.2 Å². The summed E-state index contributed by atoms with van der Waals surface area (Å²) in [5.41, 5.74) is 1.11. The number of nitro groups is 1. The minimum Gasteiger partial charge on any atom is -0.494 e. The maximum atomic E-state index is 12.3. The number of hydrogen-bond donors (Lipinski definition) is 1. The molecule has 9 nitrogen and oxygen atoms in total. The van der Waals surface area contributed by atoms with Crippen molar-refractivity contribution in [2.45, 2.75) is 13.8 Å². The fraction of sp³-hybridized carbons (Fsp3) is 0.167. The standard InChI is InChI=1S/C18H16N4O5/c1-3-26-14-8-6-12(7-9-14)17-20-21-18(27-17)19-16(23)13-5-4-11(2)15(10-13)22(24)25/h4-10H,3H2,1-2H3,(H,19,21,23). The van der Waals surface area contributed by atoms with E-state index in [1.807, 2.05) is 6.92 Å². The van der Waals surface area contributed by atoms with Gasteiger partial charge in [-0.15, -0.1) is 5.10 Å². The van der Waals surface area contributed by atoms with Crippen LogP contribution in [0.2, 0.25) is 0 Å². The lowest BCUT2D eigenvalue weighted by Gasteiger charge is -2.03. The maximum Gasteiger partial charge on any atom is 0.322 e. The van der Waals surface area contributed by atoms with E-state index >= 15 is 0 Å². The normalized spacial score (nSPS) is 10.4. The predicted molar refractivity (Wildman–Crippen MR) is 96.7 cm³/mol. The Labute approximate surface area is 154 Å². The molecule has 1 aromatic heterocycles. The first-order valence-electron chi connectivity index (χ1n) is 8.11. The molecule has 0 saturated carbocycles. The molecule has 1 amide bonds. The Morgan fingerprint density at radius 3 is 2.63 bits per heavy atom. The van der Waals surface area contributed by atoms with Gasteiger partial charge in [0.15, 0.2) is 0 Å².